The van der Waals surface area contributed by atoms with Crippen LogP contribution in [-0.4, -0.2) is 26.1 Å². The first-order valence-corrected chi connectivity index (χ1v) is 8.00. The Morgan fingerprint density at radius 2 is 2.18 bits per heavy atom. The van der Waals surface area contributed by atoms with Crippen LogP contribution in [0, 0.1) is 5.41 Å². The average molecular weight is 359 g/mol. The Kier molecular flexibility index (Phi) is 3.47. The number of rotatable bonds is 4. The van der Waals surface area contributed by atoms with Crippen LogP contribution in [0.3, 0.4) is 0 Å². The molecule has 1 saturated carbocycles. The summed E-state index contributed by atoms with van der Waals surface area (Å²) in [6.45, 7) is 1.71. The summed E-state index contributed by atoms with van der Waals surface area (Å²) in [5.74, 6) is -0.803. The number of hydrogen-bond donors (Lipinski definition) is 3. The molecule has 1 unspecified atom stereocenters. The van der Waals surface area contributed by atoms with Crippen LogP contribution >= 0.6 is 34.5 Å². The largest absolute Gasteiger partial charge is 0.364 e. The standard InChI is InChI=1S/C13H12Cl2N4O2S/c1-12(5-13(12,14)15)10(21)19-11-18-8(4-22-11)6-2-7(9(16)20)17-3-6/h2-4,17H,5H2,1H3,(H2,16,20)(H,18,19,21). The lowest BCUT2D eigenvalue weighted by atomic mass is 10.1. The third-order valence-electron chi connectivity index (χ3n) is 3.73. The minimum Gasteiger partial charge on any atom is -0.364 e. The number of H-pyrrole nitrogens is 1. The molecule has 1 atom stereocenters. The molecule has 1 aliphatic rings. The molecule has 0 aromatic carbocycles. The van der Waals surface area contributed by atoms with Crippen LogP contribution in [0.25, 0.3) is 11.3 Å². The number of hydrogen-bond acceptors (Lipinski definition) is 4. The van der Waals surface area contributed by atoms with Gasteiger partial charge in [0, 0.05) is 17.1 Å². The molecule has 1 aliphatic carbocycles. The molecule has 0 aliphatic heterocycles. The van der Waals surface area contributed by atoms with Crippen molar-refractivity contribution in [1.29, 1.82) is 0 Å². The number of thiazole rings is 1. The number of carbonyl (C=O) groups is 2. The van der Waals surface area contributed by atoms with Gasteiger partial charge in [0.15, 0.2) is 5.13 Å². The summed E-state index contributed by atoms with van der Waals surface area (Å²) in [5.41, 5.74) is 6.04. The molecule has 2 heterocycles. The fraction of sp³-hybridized carbons (Fsp3) is 0.308. The lowest BCUT2D eigenvalue weighted by molar-refractivity contribution is -0.120. The predicted molar refractivity (Wildman–Crippen MR) is 86.2 cm³/mol. The van der Waals surface area contributed by atoms with Gasteiger partial charge in [-0.05, 0) is 19.4 Å². The van der Waals surface area contributed by atoms with Gasteiger partial charge in [-0.25, -0.2) is 4.98 Å². The summed E-state index contributed by atoms with van der Waals surface area (Å²) < 4.78 is -1.02. The van der Waals surface area contributed by atoms with E-state index in [9.17, 15) is 9.59 Å². The number of aromatic nitrogens is 2. The Morgan fingerprint density at radius 3 is 2.73 bits per heavy atom. The van der Waals surface area contributed by atoms with Crippen LogP contribution in [0.15, 0.2) is 17.6 Å². The Morgan fingerprint density at radius 1 is 1.50 bits per heavy atom. The number of alkyl halides is 2. The van der Waals surface area contributed by atoms with Gasteiger partial charge >= 0.3 is 0 Å². The van der Waals surface area contributed by atoms with Gasteiger partial charge in [-0.2, -0.15) is 0 Å². The van der Waals surface area contributed by atoms with E-state index in [4.69, 9.17) is 28.9 Å². The van der Waals surface area contributed by atoms with E-state index in [1.807, 2.05) is 0 Å². The van der Waals surface area contributed by atoms with Gasteiger partial charge in [0.2, 0.25) is 5.91 Å². The molecule has 0 saturated heterocycles. The molecular weight excluding hydrogens is 347 g/mol. The molecule has 22 heavy (non-hydrogen) atoms. The Balaban J connectivity index is 1.74. The average Bonchev–Trinajstić information content (AvgIpc) is 2.88. The SMILES string of the molecule is CC1(C(=O)Nc2nc(-c3c[nH]c(C(N)=O)c3)cs2)CC1(Cl)Cl. The first kappa shape index (κ1) is 15.3. The van der Waals surface area contributed by atoms with Crippen molar-refractivity contribution in [3.8, 4) is 11.3 Å². The summed E-state index contributed by atoms with van der Waals surface area (Å²) in [4.78, 5) is 30.3. The maximum atomic E-state index is 12.2. The third kappa shape index (κ3) is 2.49. The van der Waals surface area contributed by atoms with E-state index in [1.165, 1.54) is 11.3 Å². The highest BCUT2D eigenvalue weighted by Crippen LogP contribution is 2.64. The molecule has 9 heteroatoms. The zero-order valence-electron chi connectivity index (χ0n) is 11.4. The Bertz CT molecular complexity index is 770. The number of primary amides is 1. The van der Waals surface area contributed by atoms with Gasteiger partial charge in [0.1, 0.15) is 10.0 Å². The molecule has 4 N–H and O–H groups in total. The zero-order chi connectivity index (χ0) is 16.1. The van der Waals surface area contributed by atoms with E-state index in [0.717, 1.165) is 0 Å². The normalized spacial score (nSPS) is 22.3. The van der Waals surface area contributed by atoms with Crippen molar-refractivity contribution in [2.24, 2.45) is 11.1 Å². The lowest BCUT2D eigenvalue weighted by Gasteiger charge is -2.10. The molecule has 116 valence electrons. The number of nitrogens with one attached hydrogen (secondary N) is 2. The number of aromatic amines is 1. The van der Waals surface area contributed by atoms with Gasteiger partial charge in [-0.15, -0.1) is 34.5 Å². The van der Waals surface area contributed by atoms with Crippen molar-refractivity contribution >= 4 is 51.5 Å². The summed E-state index contributed by atoms with van der Waals surface area (Å²) in [5, 5.41) is 4.93. The van der Waals surface area contributed by atoms with Crippen molar-refractivity contribution in [2.75, 3.05) is 5.32 Å². The summed E-state index contributed by atoms with van der Waals surface area (Å²) in [6, 6.07) is 1.60. The van der Waals surface area contributed by atoms with Crippen LogP contribution < -0.4 is 11.1 Å². The fourth-order valence-electron chi connectivity index (χ4n) is 2.03. The van der Waals surface area contributed by atoms with Crippen molar-refractivity contribution < 1.29 is 9.59 Å². The number of nitrogens with two attached hydrogens (primary N) is 1. The molecule has 0 bridgehead atoms. The van der Waals surface area contributed by atoms with Crippen LogP contribution in [0.1, 0.15) is 23.8 Å². The summed E-state index contributed by atoms with van der Waals surface area (Å²) >= 11 is 13.2. The molecule has 3 rings (SSSR count). The second kappa shape index (κ2) is 4.97. The van der Waals surface area contributed by atoms with Crippen LogP contribution in [0.5, 0.6) is 0 Å². The lowest BCUT2D eigenvalue weighted by Crippen LogP contribution is -2.25. The molecule has 0 radical (unpaired) electrons. The van der Waals surface area contributed by atoms with Crippen molar-refractivity contribution in [2.45, 2.75) is 17.7 Å². The van der Waals surface area contributed by atoms with E-state index in [0.29, 0.717) is 28.5 Å². The van der Waals surface area contributed by atoms with Gasteiger partial charge < -0.3 is 16.0 Å². The van der Waals surface area contributed by atoms with Crippen LogP contribution in [0.2, 0.25) is 0 Å². The summed E-state index contributed by atoms with van der Waals surface area (Å²) in [7, 11) is 0. The van der Waals surface area contributed by atoms with E-state index in [1.54, 1.807) is 24.6 Å². The van der Waals surface area contributed by atoms with Gasteiger partial charge in [0.25, 0.3) is 5.91 Å². The van der Waals surface area contributed by atoms with Gasteiger partial charge in [-0.3, -0.25) is 9.59 Å². The maximum Gasteiger partial charge on any atom is 0.265 e. The van der Waals surface area contributed by atoms with E-state index < -0.39 is 15.7 Å². The molecule has 2 aromatic heterocycles. The predicted octanol–water partition coefficient (Wildman–Crippen LogP) is 2.76. The van der Waals surface area contributed by atoms with Crippen molar-refractivity contribution in [3.05, 3.63) is 23.3 Å². The molecular formula is C13H12Cl2N4O2S. The number of anilines is 1. The number of amides is 2. The summed E-state index contributed by atoms with van der Waals surface area (Å²) in [6.07, 6.45) is 2.04. The maximum absolute atomic E-state index is 12.2. The smallest absolute Gasteiger partial charge is 0.265 e. The minimum atomic E-state index is -1.02. The first-order valence-electron chi connectivity index (χ1n) is 6.36. The van der Waals surface area contributed by atoms with Gasteiger partial charge in [0.05, 0.1) is 11.1 Å². The number of halogens is 2. The van der Waals surface area contributed by atoms with Crippen LogP contribution in [0.4, 0.5) is 5.13 Å². The molecule has 2 aromatic rings. The van der Waals surface area contributed by atoms with Crippen LogP contribution in [-0.2, 0) is 4.79 Å². The molecule has 0 spiro atoms. The second-order valence-corrected chi connectivity index (χ2v) is 7.71. The zero-order valence-corrected chi connectivity index (χ0v) is 13.8. The molecule has 1 fully saturated rings. The van der Waals surface area contributed by atoms with Crippen molar-refractivity contribution in [3.63, 3.8) is 0 Å². The molecule has 6 nitrogen and oxygen atoms in total. The Hall–Kier alpha value is -1.57. The van der Waals surface area contributed by atoms with E-state index in [2.05, 4.69) is 15.3 Å². The van der Waals surface area contributed by atoms with Crippen molar-refractivity contribution in [1.82, 2.24) is 9.97 Å². The molecule has 2 amide bonds. The fourth-order valence-corrected chi connectivity index (χ4v) is 3.45. The third-order valence-corrected chi connectivity index (χ3v) is 5.59. The number of nitrogens with zero attached hydrogens (tertiary/aromatic N) is 1. The highest BCUT2D eigenvalue weighted by molar-refractivity contribution is 7.14. The highest BCUT2D eigenvalue weighted by Gasteiger charge is 2.68. The van der Waals surface area contributed by atoms with Gasteiger partial charge in [-0.1, -0.05) is 0 Å². The van der Waals surface area contributed by atoms with E-state index >= 15 is 0 Å². The Labute approximate surface area is 140 Å². The first-order chi connectivity index (χ1) is 10.2. The monoisotopic (exact) mass is 358 g/mol. The quantitative estimate of drug-likeness (QED) is 0.732. The topological polar surface area (TPSA) is 101 Å². The highest BCUT2D eigenvalue weighted by atomic mass is 35.5. The minimum absolute atomic E-state index is 0.259. The number of carbonyl (C=O) groups excluding carboxylic acids is 2. The van der Waals surface area contributed by atoms with E-state index in [-0.39, 0.29) is 5.91 Å². The second-order valence-electron chi connectivity index (χ2n) is 5.37.